The molecule has 0 aliphatic rings. The number of amides is 1. The minimum atomic E-state index is -5.87. The number of hydrogen-bond donors (Lipinski definition) is 1. The number of rotatable bonds is 4. The third-order valence-corrected chi connectivity index (χ3v) is 4.39. The number of carbonyl (C=O) groups excluding carboxylic acids is 1. The lowest BCUT2D eigenvalue weighted by atomic mass is 10.2. The molecule has 0 atom stereocenters. The van der Waals surface area contributed by atoms with Crippen LogP contribution in [-0.4, -0.2) is 19.8 Å². The van der Waals surface area contributed by atoms with E-state index in [0.29, 0.717) is 9.13 Å². The van der Waals surface area contributed by atoms with Crippen molar-refractivity contribution < 1.29 is 30.6 Å². The highest BCUT2D eigenvalue weighted by Crippen LogP contribution is 2.34. The van der Waals surface area contributed by atoms with Gasteiger partial charge < -0.3 is 9.50 Å². The summed E-state index contributed by atoms with van der Waals surface area (Å²) < 4.78 is 63.9. The Morgan fingerprint density at radius 1 is 1.45 bits per heavy atom. The number of aryl methyl sites for hydroxylation is 1. The van der Waals surface area contributed by atoms with Crippen LogP contribution in [0.4, 0.5) is 18.9 Å². The number of nitrogens with zero attached hydrogens (tertiary/aromatic N) is 1. The fourth-order valence-electron chi connectivity index (χ4n) is 1.25. The number of alkyl halides is 3. The van der Waals surface area contributed by atoms with Gasteiger partial charge in [0.2, 0.25) is 5.91 Å². The number of halogens is 4. The first-order chi connectivity index (χ1) is 9.98. The van der Waals surface area contributed by atoms with Gasteiger partial charge in [-0.15, -0.1) is 0 Å². The van der Waals surface area contributed by atoms with E-state index >= 15 is 0 Å². The van der Waals surface area contributed by atoms with Gasteiger partial charge in [0.15, 0.2) is 5.75 Å². The van der Waals surface area contributed by atoms with E-state index in [2.05, 4.69) is 9.50 Å². The van der Waals surface area contributed by atoms with Crippen molar-refractivity contribution in [1.82, 2.24) is 0 Å². The van der Waals surface area contributed by atoms with Crippen LogP contribution in [-0.2, 0) is 14.9 Å². The summed E-state index contributed by atoms with van der Waals surface area (Å²) in [6, 6.07) is 3.84. The molecule has 22 heavy (non-hydrogen) atoms. The molecule has 0 heterocycles. The van der Waals surface area contributed by atoms with Gasteiger partial charge in [-0.2, -0.15) is 26.9 Å². The molecule has 11 heteroatoms. The molecule has 1 aromatic carbocycles. The van der Waals surface area contributed by atoms with Crippen molar-refractivity contribution in [2.45, 2.75) is 18.9 Å². The third-order valence-electron chi connectivity index (χ3n) is 2.26. The predicted octanol–water partition coefficient (Wildman–Crippen LogP) is 2.68. The van der Waals surface area contributed by atoms with Gasteiger partial charge in [-0.3, -0.25) is 4.79 Å². The van der Waals surface area contributed by atoms with Crippen LogP contribution in [0.15, 0.2) is 12.1 Å². The Morgan fingerprint density at radius 2 is 2.05 bits per heavy atom. The lowest BCUT2D eigenvalue weighted by molar-refractivity contribution is -0.115. The maximum atomic E-state index is 12.4. The van der Waals surface area contributed by atoms with Gasteiger partial charge in [0.1, 0.15) is 6.42 Å². The number of nitriles is 1. The molecule has 0 fully saturated rings. The monoisotopic (exact) mass is 448 g/mol. The number of hydrogen-bond acceptors (Lipinski definition) is 5. The van der Waals surface area contributed by atoms with E-state index in [1.165, 1.54) is 13.0 Å². The third kappa shape index (κ3) is 4.47. The summed E-state index contributed by atoms with van der Waals surface area (Å²) in [4.78, 5) is 11.4. The Hall–Kier alpha value is -1.55. The molecule has 0 aliphatic carbocycles. The zero-order valence-corrected chi connectivity index (χ0v) is 13.8. The number of benzene rings is 1. The van der Waals surface area contributed by atoms with E-state index in [9.17, 15) is 26.4 Å². The molecule has 1 aromatic rings. The van der Waals surface area contributed by atoms with Gasteiger partial charge >= 0.3 is 15.6 Å². The number of carbonyl (C=O) groups is 1. The molecule has 0 aromatic heterocycles. The molecule has 120 valence electrons. The van der Waals surface area contributed by atoms with Gasteiger partial charge in [0.05, 0.1) is 11.8 Å². The van der Waals surface area contributed by atoms with Gasteiger partial charge in [0.25, 0.3) is 0 Å². The summed E-state index contributed by atoms with van der Waals surface area (Å²) in [5, 5.41) is 10.5. The molecule has 0 bridgehead atoms. The molecule has 0 unspecified atom stereocenters. The average molecular weight is 448 g/mol. The minimum Gasteiger partial charge on any atom is -0.374 e. The SMILES string of the molecule is Cc1cc(OS(=O)(=O)C(F)(F)F)c(NC(=O)CC#N)cc1I. The molecule has 6 nitrogen and oxygen atoms in total. The van der Waals surface area contributed by atoms with E-state index in [1.807, 2.05) is 22.6 Å². The fraction of sp³-hybridized carbons (Fsp3) is 0.273. The van der Waals surface area contributed by atoms with Gasteiger partial charge in [-0.25, -0.2) is 0 Å². The molecule has 1 rings (SSSR count). The highest BCUT2D eigenvalue weighted by atomic mass is 127. The summed E-state index contributed by atoms with van der Waals surface area (Å²) in [6.45, 7) is 1.52. The molecule has 0 aliphatic heterocycles. The lowest BCUT2D eigenvalue weighted by Gasteiger charge is -2.14. The van der Waals surface area contributed by atoms with Gasteiger partial charge in [0, 0.05) is 3.57 Å². The first-order valence-electron chi connectivity index (χ1n) is 5.45. The van der Waals surface area contributed by atoms with Crippen molar-refractivity contribution in [2.24, 2.45) is 0 Å². The standard InChI is InChI=1S/C11H8F3IN2O4S/c1-6-4-9(21-22(19,20)11(12,13)14)8(5-7(6)15)17-10(18)2-3-16/h4-5H,2H2,1H3,(H,17,18). The summed E-state index contributed by atoms with van der Waals surface area (Å²) in [6.07, 6.45) is -0.546. The van der Waals surface area contributed by atoms with Crippen molar-refractivity contribution in [3.8, 4) is 11.8 Å². The molecule has 0 saturated carbocycles. The van der Waals surface area contributed by atoms with E-state index in [0.717, 1.165) is 6.07 Å². The summed E-state index contributed by atoms with van der Waals surface area (Å²) in [5.74, 6) is -1.49. The van der Waals surface area contributed by atoms with E-state index < -0.39 is 33.7 Å². The molecular weight excluding hydrogens is 440 g/mol. The molecule has 0 radical (unpaired) electrons. The topological polar surface area (TPSA) is 96.3 Å². The zero-order chi connectivity index (χ0) is 17.1. The molecule has 1 amide bonds. The fourth-order valence-corrected chi connectivity index (χ4v) is 2.19. The van der Waals surface area contributed by atoms with E-state index in [4.69, 9.17) is 5.26 Å². The quantitative estimate of drug-likeness (QED) is 0.434. The van der Waals surface area contributed by atoms with E-state index in [-0.39, 0.29) is 5.69 Å². The maximum absolute atomic E-state index is 12.4. The van der Waals surface area contributed by atoms with Crippen LogP contribution in [0.3, 0.4) is 0 Å². The summed E-state index contributed by atoms with van der Waals surface area (Å²) in [7, 11) is -5.87. The van der Waals surface area contributed by atoms with Crippen molar-refractivity contribution in [2.75, 3.05) is 5.32 Å². The first-order valence-corrected chi connectivity index (χ1v) is 7.94. The zero-order valence-electron chi connectivity index (χ0n) is 10.9. The smallest absolute Gasteiger partial charge is 0.374 e. The highest BCUT2D eigenvalue weighted by Gasteiger charge is 2.48. The van der Waals surface area contributed by atoms with Crippen LogP contribution in [0.1, 0.15) is 12.0 Å². The maximum Gasteiger partial charge on any atom is 0.534 e. The van der Waals surface area contributed by atoms with Crippen LogP contribution in [0, 0.1) is 21.8 Å². The Labute approximate surface area is 137 Å². The van der Waals surface area contributed by atoms with Crippen LogP contribution >= 0.6 is 22.6 Å². The Morgan fingerprint density at radius 3 is 2.55 bits per heavy atom. The van der Waals surface area contributed by atoms with Crippen LogP contribution in [0.5, 0.6) is 5.75 Å². The second-order valence-electron chi connectivity index (χ2n) is 3.96. The van der Waals surface area contributed by atoms with E-state index in [1.54, 1.807) is 6.07 Å². The second kappa shape index (κ2) is 6.69. The van der Waals surface area contributed by atoms with Crippen molar-refractivity contribution in [3.63, 3.8) is 0 Å². The molecule has 1 N–H and O–H groups in total. The Kier molecular flexibility index (Phi) is 5.63. The highest BCUT2D eigenvalue weighted by molar-refractivity contribution is 14.1. The number of anilines is 1. The lowest BCUT2D eigenvalue weighted by Crippen LogP contribution is -2.28. The Bertz CT molecular complexity index is 741. The predicted molar refractivity (Wildman–Crippen MR) is 78.4 cm³/mol. The van der Waals surface area contributed by atoms with Crippen LogP contribution in [0.2, 0.25) is 0 Å². The summed E-state index contributed by atoms with van der Waals surface area (Å²) in [5.41, 5.74) is -5.42. The van der Waals surface area contributed by atoms with Crippen molar-refractivity contribution >= 4 is 44.3 Å². The van der Waals surface area contributed by atoms with Crippen LogP contribution < -0.4 is 9.50 Å². The average Bonchev–Trinajstić information content (AvgIpc) is 2.34. The minimum absolute atomic E-state index is 0.275. The normalized spacial score (nSPS) is 11.6. The van der Waals surface area contributed by atoms with Gasteiger partial charge in [-0.1, -0.05) is 0 Å². The molecule has 0 saturated heterocycles. The number of nitrogens with one attached hydrogen (secondary N) is 1. The first kappa shape index (κ1) is 18.5. The van der Waals surface area contributed by atoms with Crippen LogP contribution in [0.25, 0.3) is 0 Å². The largest absolute Gasteiger partial charge is 0.534 e. The van der Waals surface area contributed by atoms with Crippen molar-refractivity contribution in [1.29, 1.82) is 5.26 Å². The Balaban J connectivity index is 3.26. The molecular formula is C11H8F3IN2O4S. The summed E-state index contributed by atoms with van der Waals surface area (Å²) >= 11 is 1.84. The second-order valence-corrected chi connectivity index (χ2v) is 6.66. The van der Waals surface area contributed by atoms with Gasteiger partial charge in [-0.05, 0) is 47.2 Å². The molecule has 0 spiro atoms. The van der Waals surface area contributed by atoms with Crippen molar-refractivity contribution in [3.05, 3.63) is 21.3 Å².